The Morgan fingerprint density at radius 3 is 0.371 bits per heavy atom. The second kappa shape index (κ2) is 65.0. The van der Waals surface area contributed by atoms with Crippen molar-refractivity contribution in [2.45, 2.75) is 287 Å². The molecule has 0 aliphatic heterocycles. The normalized spacial score (nSPS) is 11.3. The predicted molar refractivity (Wildman–Crippen MR) is 340 cm³/mol. The second-order valence-corrected chi connectivity index (χ2v) is 21.9. The van der Waals surface area contributed by atoms with E-state index in [1.807, 2.05) is 83.1 Å². The molecule has 0 amide bonds. The molecule has 0 spiro atoms. The molecule has 0 fully saturated rings. The summed E-state index contributed by atoms with van der Waals surface area (Å²) in [5.74, 6) is -24.4. The summed E-state index contributed by atoms with van der Waals surface area (Å²) < 4.78 is 66.6. The third-order valence-electron chi connectivity index (χ3n) is 13.0. The van der Waals surface area contributed by atoms with Crippen LogP contribution >= 0.6 is 0 Å². The molecule has 0 aromatic heterocycles. The standard InChI is InChI=1S/4C17H30O7.Zr/c4*1-4-7-10-22-17(23-11-8-5-2,24-12-9-6-3)15(19)13-14(18)16(20)21;/h4*4-13H2,1-3H3,(H,20,21);/q;;;;+4/p-4. The summed E-state index contributed by atoms with van der Waals surface area (Å²) >= 11 is 0. The number of rotatable bonds is 64. The maximum Gasteiger partial charge on any atom is 4.00 e. The molecule has 0 aromatic rings. The molecule has 0 radical (unpaired) electrons. The van der Waals surface area contributed by atoms with E-state index in [0.29, 0.717) is 77.0 Å². The minimum absolute atomic E-state index is 0. The van der Waals surface area contributed by atoms with Gasteiger partial charge in [-0.05, 0) is 77.0 Å². The van der Waals surface area contributed by atoms with E-state index in [0.717, 1.165) is 77.0 Å². The molecule has 0 aliphatic carbocycles. The van der Waals surface area contributed by atoms with Crippen LogP contribution in [0.25, 0.3) is 0 Å². The summed E-state index contributed by atoms with van der Waals surface area (Å²) in [4.78, 5) is 138. The second-order valence-electron chi connectivity index (χ2n) is 21.9. The summed E-state index contributed by atoms with van der Waals surface area (Å²) in [5.41, 5.74) is 0. The van der Waals surface area contributed by atoms with E-state index in [2.05, 4.69) is 0 Å². The van der Waals surface area contributed by atoms with Gasteiger partial charge in [-0.2, -0.15) is 0 Å². The molecule has 29 heteroatoms. The van der Waals surface area contributed by atoms with Crippen LogP contribution in [0.3, 0.4) is 0 Å². The summed E-state index contributed by atoms with van der Waals surface area (Å²) in [6.45, 7) is 26.0. The van der Waals surface area contributed by atoms with Gasteiger partial charge in [0.2, 0.25) is 23.1 Å². The first-order chi connectivity index (χ1) is 45.7. The zero-order chi connectivity index (χ0) is 73.7. The molecule has 0 N–H and O–H groups in total. The average molecular weight is 1470 g/mol. The van der Waals surface area contributed by atoms with Crippen LogP contribution in [0.4, 0.5) is 0 Å². The molecular formula is C68H116O28Zr. The Hall–Kier alpha value is -4.36. The largest absolute Gasteiger partial charge is 4.00 e. The van der Waals surface area contributed by atoms with Gasteiger partial charge in [-0.25, -0.2) is 0 Å². The van der Waals surface area contributed by atoms with Gasteiger partial charge in [-0.15, -0.1) is 0 Å². The van der Waals surface area contributed by atoms with Crippen molar-refractivity contribution in [3.63, 3.8) is 0 Å². The van der Waals surface area contributed by atoms with Crippen LogP contribution in [0, 0.1) is 0 Å². The third kappa shape index (κ3) is 48.2. The Labute approximate surface area is 594 Å². The average Bonchev–Trinajstić information content (AvgIpc) is 0.927. The molecule has 97 heavy (non-hydrogen) atoms. The number of ether oxygens (including phenoxy) is 12. The SMILES string of the molecule is CCCCOC(OCCCC)(OCCCC)C(=O)CC(=O)C(=O)[O-].CCCCOC(OCCCC)(OCCCC)C(=O)CC(=O)C(=O)[O-].CCCCOC(OCCCC)(OCCCC)C(=O)CC(=O)C(=O)[O-].CCCCOC(OCCCC)(OCCCC)C(=O)CC(=O)C(=O)[O-].[Zr+4]. The van der Waals surface area contributed by atoms with E-state index < -0.39 is 120 Å². The van der Waals surface area contributed by atoms with E-state index in [1.165, 1.54) is 0 Å². The fourth-order valence-corrected chi connectivity index (χ4v) is 6.98. The van der Waals surface area contributed by atoms with Crippen LogP contribution in [-0.2, 0) is 141 Å². The third-order valence-corrected chi connectivity index (χ3v) is 13.0. The maximum absolute atomic E-state index is 12.5. The van der Waals surface area contributed by atoms with Crippen molar-refractivity contribution in [2.24, 2.45) is 0 Å². The fraction of sp³-hybridized carbons (Fsp3) is 0.824. The Bertz CT molecular complexity index is 1770. The molecule has 0 aromatic carbocycles. The molecule has 28 nitrogen and oxygen atoms in total. The van der Waals surface area contributed by atoms with E-state index >= 15 is 0 Å². The Morgan fingerprint density at radius 2 is 0.299 bits per heavy atom. The van der Waals surface area contributed by atoms with Gasteiger partial charge in [0, 0.05) is 0 Å². The molecule has 0 aliphatic rings. The van der Waals surface area contributed by atoms with Crippen molar-refractivity contribution in [2.75, 3.05) is 79.3 Å². The molecule has 0 unspecified atom stereocenters. The number of carboxylic acid groups (broad SMARTS) is 4. The van der Waals surface area contributed by atoms with Crippen LogP contribution in [0.2, 0.25) is 0 Å². The number of carbonyl (C=O) groups excluding carboxylic acids is 12. The summed E-state index contributed by atoms with van der Waals surface area (Å²) in [6.07, 6.45) is 14.7. The molecule has 560 valence electrons. The molecule has 0 rings (SSSR count). The van der Waals surface area contributed by atoms with Crippen molar-refractivity contribution >= 4 is 70.1 Å². The van der Waals surface area contributed by atoms with Crippen molar-refractivity contribution in [3.8, 4) is 0 Å². The van der Waals surface area contributed by atoms with Crippen LogP contribution in [0.15, 0.2) is 0 Å². The number of Topliss-reactive ketones (excluding diaryl/α,β-unsaturated/α-hetero) is 8. The Kier molecular flexibility index (Phi) is 67.9. The van der Waals surface area contributed by atoms with Gasteiger partial charge in [0.05, 0.1) is 105 Å². The van der Waals surface area contributed by atoms with Crippen LogP contribution in [0.5, 0.6) is 0 Å². The number of hydrogen-bond acceptors (Lipinski definition) is 28. The van der Waals surface area contributed by atoms with Crippen molar-refractivity contribution < 1.29 is 161 Å². The van der Waals surface area contributed by atoms with Gasteiger partial charge in [0.1, 0.15) is 23.9 Å². The summed E-state index contributed by atoms with van der Waals surface area (Å²) in [5, 5.41) is 42.4. The number of hydrogen-bond donors (Lipinski definition) is 0. The molecule has 0 atom stereocenters. The topological polar surface area (TPSA) is 408 Å². The molecule has 0 saturated heterocycles. The Morgan fingerprint density at radius 1 is 0.206 bits per heavy atom. The van der Waals surface area contributed by atoms with Crippen LogP contribution < -0.4 is 20.4 Å². The quantitative estimate of drug-likeness (QED) is 0.0315. The molecule has 0 bridgehead atoms. The fourth-order valence-electron chi connectivity index (χ4n) is 6.98. The summed E-state index contributed by atoms with van der Waals surface area (Å²) in [6, 6.07) is 0. The molecule has 0 heterocycles. The van der Waals surface area contributed by atoms with E-state index in [-0.39, 0.29) is 105 Å². The minimum Gasteiger partial charge on any atom is -0.542 e. The number of unbranched alkanes of at least 4 members (excludes halogenated alkanes) is 12. The molecule has 0 saturated carbocycles. The first kappa shape index (κ1) is 101. The number of carbonyl (C=O) groups is 12. The van der Waals surface area contributed by atoms with E-state index in [4.69, 9.17) is 56.8 Å². The zero-order valence-corrected chi connectivity index (χ0v) is 62.7. The van der Waals surface area contributed by atoms with E-state index in [1.54, 1.807) is 0 Å². The van der Waals surface area contributed by atoms with Gasteiger partial charge in [-0.3, -0.25) is 38.4 Å². The number of carboxylic acids is 4. The van der Waals surface area contributed by atoms with Crippen molar-refractivity contribution in [1.82, 2.24) is 0 Å². The first-order valence-electron chi connectivity index (χ1n) is 34.5. The zero-order valence-electron chi connectivity index (χ0n) is 60.2. The van der Waals surface area contributed by atoms with Crippen molar-refractivity contribution in [3.05, 3.63) is 0 Å². The van der Waals surface area contributed by atoms with Gasteiger partial charge in [-0.1, -0.05) is 160 Å². The Balaban J connectivity index is -0.000000386. The summed E-state index contributed by atoms with van der Waals surface area (Å²) in [7, 11) is 0. The number of aliphatic carboxylic acids is 4. The first-order valence-corrected chi connectivity index (χ1v) is 34.5. The van der Waals surface area contributed by atoms with Crippen LogP contribution in [-0.4, -0.2) is 173 Å². The number of ketones is 8. The van der Waals surface area contributed by atoms with E-state index in [9.17, 15) is 78.0 Å². The smallest absolute Gasteiger partial charge is 0.542 e. The van der Waals surface area contributed by atoms with Crippen LogP contribution in [0.1, 0.15) is 263 Å². The van der Waals surface area contributed by atoms with Gasteiger partial charge in [0.25, 0.3) is 0 Å². The predicted octanol–water partition coefficient (Wildman–Crippen LogP) is 5.47. The minimum atomic E-state index is -2.02. The maximum atomic E-state index is 12.5. The van der Waals surface area contributed by atoms with Gasteiger partial charge in [0.15, 0.2) is 23.1 Å². The molecular weight excluding hydrogens is 1360 g/mol. The van der Waals surface area contributed by atoms with Gasteiger partial charge >= 0.3 is 50.1 Å². The monoisotopic (exact) mass is 1470 g/mol. The van der Waals surface area contributed by atoms with Crippen molar-refractivity contribution in [1.29, 1.82) is 0 Å². The van der Waals surface area contributed by atoms with Gasteiger partial charge < -0.3 is 96.4 Å².